The SMILES string of the molecule is COc1ccc(C(=O)NNC(=O)C(C)n2cnc3ccccc32)cc1. The van der Waals surface area contributed by atoms with Crippen LogP contribution in [0, 0.1) is 0 Å². The summed E-state index contributed by atoms with van der Waals surface area (Å²) in [5.41, 5.74) is 6.94. The van der Waals surface area contributed by atoms with Gasteiger partial charge in [0.05, 0.1) is 24.5 Å². The Morgan fingerprint density at radius 2 is 1.80 bits per heavy atom. The van der Waals surface area contributed by atoms with Gasteiger partial charge in [-0.1, -0.05) is 12.1 Å². The van der Waals surface area contributed by atoms with E-state index in [4.69, 9.17) is 4.74 Å². The minimum atomic E-state index is -0.524. The van der Waals surface area contributed by atoms with E-state index >= 15 is 0 Å². The Morgan fingerprint density at radius 1 is 1.08 bits per heavy atom. The second kappa shape index (κ2) is 7.04. The number of carbonyl (C=O) groups excluding carboxylic acids is 2. The van der Waals surface area contributed by atoms with Gasteiger partial charge in [0.15, 0.2) is 0 Å². The molecule has 3 aromatic rings. The second-order valence-corrected chi connectivity index (χ2v) is 5.49. The first-order valence-electron chi connectivity index (χ1n) is 7.76. The van der Waals surface area contributed by atoms with E-state index in [1.54, 1.807) is 49.2 Å². The lowest BCUT2D eigenvalue weighted by Gasteiger charge is -2.15. The van der Waals surface area contributed by atoms with Gasteiger partial charge < -0.3 is 9.30 Å². The molecule has 3 rings (SSSR count). The summed E-state index contributed by atoms with van der Waals surface area (Å²) < 4.78 is 6.80. The number of methoxy groups -OCH3 is 1. The number of benzene rings is 2. The number of rotatable bonds is 4. The highest BCUT2D eigenvalue weighted by Crippen LogP contribution is 2.17. The van der Waals surface area contributed by atoms with Gasteiger partial charge in [0.2, 0.25) is 0 Å². The summed E-state index contributed by atoms with van der Waals surface area (Å²) in [5.74, 6) is -0.0927. The van der Waals surface area contributed by atoms with Gasteiger partial charge in [0.1, 0.15) is 11.8 Å². The number of nitrogens with zero attached hydrogens (tertiary/aromatic N) is 2. The van der Waals surface area contributed by atoms with Crippen molar-refractivity contribution in [1.29, 1.82) is 0 Å². The van der Waals surface area contributed by atoms with Gasteiger partial charge in [-0.3, -0.25) is 20.4 Å². The quantitative estimate of drug-likeness (QED) is 0.713. The molecule has 0 spiro atoms. The van der Waals surface area contributed by atoms with Crippen molar-refractivity contribution < 1.29 is 14.3 Å². The van der Waals surface area contributed by atoms with Crippen molar-refractivity contribution in [2.75, 3.05) is 7.11 Å². The maximum absolute atomic E-state index is 12.3. The molecule has 1 heterocycles. The molecule has 0 aliphatic rings. The number of nitrogens with one attached hydrogen (secondary N) is 2. The topological polar surface area (TPSA) is 85.3 Å². The van der Waals surface area contributed by atoms with Crippen LogP contribution in [0.25, 0.3) is 11.0 Å². The Bertz CT molecular complexity index is 902. The van der Waals surface area contributed by atoms with Crippen LogP contribution in [0.1, 0.15) is 23.3 Å². The van der Waals surface area contributed by atoms with E-state index in [0.717, 1.165) is 11.0 Å². The van der Waals surface area contributed by atoms with Crippen molar-refractivity contribution in [3.63, 3.8) is 0 Å². The maximum atomic E-state index is 12.3. The number of para-hydroxylation sites is 2. The fourth-order valence-corrected chi connectivity index (χ4v) is 2.45. The van der Waals surface area contributed by atoms with Crippen molar-refractivity contribution in [2.24, 2.45) is 0 Å². The number of hydrazine groups is 1. The largest absolute Gasteiger partial charge is 0.497 e. The first-order chi connectivity index (χ1) is 12.1. The summed E-state index contributed by atoms with van der Waals surface area (Å²) in [6.07, 6.45) is 1.61. The highest BCUT2D eigenvalue weighted by atomic mass is 16.5. The number of fused-ring (bicyclic) bond motifs is 1. The van der Waals surface area contributed by atoms with Gasteiger partial charge in [-0.2, -0.15) is 0 Å². The van der Waals surface area contributed by atoms with E-state index in [9.17, 15) is 9.59 Å². The Hall–Kier alpha value is -3.35. The fourth-order valence-electron chi connectivity index (χ4n) is 2.45. The van der Waals surface area contributed by atoms with Gasteiger partial charge in [0.25, 0.3) is 11.8 Å². The molecule has 1 atom stereocenters. The molecule has 0 fully saturated rings. The van der Waals surface area contributed by atoms with Crippen LogP contribution in [0.2, 0.25) is 0 Å². The van der Waals surface area contributed by atoms with Crippen molar-refractivity contribution >= 4 is 22.8 Å². The molecule has 0 aliphatic heterocycles. The monoisotopic (exact) mass is 338 g/mol. The smallest absolute Gasteiger partial charge is 0.269 e. The maximum Gasteiger partial charge on any atom is 0.269 e. The third-order valence-electron chi connectivity index (χ3n) is 3.93. The molecule has 1 unspecified atom stereocenters. The minimum absolute atomic E-state index is 0.343. The number of ether oxygens (including phenoxy) is 1. The number of aromatic nitrogens is 2. The molecule has 1 aromatic heterocycles. The first kappa shape index (κ1) is 16.5. The number of amides is 2. The predicted octanol–water partition coefficient (Wildman–Crippen LogP) is 2.07. The van der Waals surface area contributed by atoms with Crippen LogP contribution in [0.5, 0.6) is 5.75 Å². The molecule has 2 aromatic carbocycles. The highest BCUT2D eigenvalue weighted by Gasteiger charge is 2.18. The van der Waals surface area contributed by atoms with Gasteiger partial charge in [-0.15, -0.1) is 0 Å². The molecule has 7 nitrogen and oxygen atoms in total. The summed E-state index contributed by atoms with van der Waals surface area (Å²) in [6.45, 7) is 1.74. The molecule has 0 radical (unpaired) electrons. The van der Waals surface area contributed by atoms with Crippen LogP contribution in [0.15, 0.2) is 54.9 Å². The average molecular weight is 338 g/mol. The molecule has 25 heavy (non-hydrogen) atoms. The Labute approximate surface area is 144 Å². The molecule has 0 bridgehead atoms. The van der Waals surface area contributed by atoms with Crippen molar-refractivity contribution in [3.05, 3.63) is 60.4 Å². The lowest BCUT2D eigenvalue weighted by molar-refractivity contribution is -0.124. The molecule has 128 valence electrons. The molecule has 2 amide bonds. The van der Waals surface area contributed by atoms with Crippen LogP contribution < -0.4 is 15.6 Å². The number of hydrogen-bond donors (Lipinski definition) is 2. The number of carbonyl (C=O) groups is 2. The zero-order valence-electron chi connectivity index (χ0n) is 13.9. The van der Waals surface area contributed by atoms with Crippen LogP contribution in [-0.4, -0.2) is 28.5 Å². The standard InChI is InChI=1S/C18H18N4O3/c1-12(22-11-19-15-5-3-4-6-16(15)22)17(23)20-21-18(24)13-7-9-14(25-2)10-8-13/h3-12H,1-2H3,(H,20,23)(H,21,24). The molecule has 2 N–H and O–H groups in total. The molecular formula is C18H18N4O3. The van der Waals surface area contributed by atoms with Gasteiger partial charge in [-0.05, 0) is 43.3 Å². The highest BCUT2D eigenvalue weighted by molar-refractivity contribution is 5.96. The Balaban J connectivity index is 1.64. The summed E-state index contributed by atoms with van der Waals surface area (Å²) in [6, 6.07) is 13.6. The minimum Gasteiger partial charge on any atom is -0.497 e. The normalized spacial score (nSPS) is 11.8. The number of hydrogen-bond acceptors (Lipinski definition) is 4. The zero-order valence-corrected chi connectivity index (χ0v) is 13.9. The predicted molar refractivity (Wildman–Crippen MR) is 93.0 cm³/mol. The average Bonchev–Trinajstić information content (AvgIpc) is 3.09. The van der Waals surface area contributed by atoms with E-state index in [1.165, 1.54) is 0 Å². The van der Waals surface area contributed by atoms with E-state index < -0.39 is 11.9 Å². The van der Waals surface area contributed by atoms with Gasteiger partial charge in [0, 0.05) is 5.56 Å². The summed E-state index contributed by atoms with van der Waals surface area (Å²) in [5, 5.41) is 0. The van der Waals surface area contributed by atoms with Crippen LogP contribution in [0.3, 0.4) is 0 Å². The summed E-state index contributed by atoms with van der Waals surface area (Å²) in [4.78, 5) is 28.7. The second-order valence-electron chi connectivity index (χ2n) is 5.49. The van der Waals surface area contributed by atoms with E-state index in [1.807, 2.05) is 24.3 Å². The first-order valence-corrected chi connectivity index (χ1v) is 7.76. The number of imidazole rings is 1. The van der Waals surface area contributed by atoms with E-state index in [2.05, 4.69) is 15.8 Å². The lowest BCUT2D eigenvalue weighted by atomic mass is 10.2. The lowest BCUT2D eigenvalue weighted by Crippen LogP contribution is -2.44. The van der Waals surface area contributed by atoms with Crippen molar-refractivity contribution in [3.8, 4) is 5.75 Å². The molecular weight excluding hydrogens is 320 g/mol. The van der Waals surface area contributed by atoms with Crippen molar-refractivity contribution in [2.45, 2.75) is 13.0 Å². The van der Waals surface area contributed by atoms with Crippen LogP contribution in [0.4, 0.5) is 0 Å². The van der Waals surface area contributed by atoms with E-state index in [-0.39, 0.29) is 5.91 Å². The Morgan fingerprint density at radius 3 is 2.52 bits per heavy atom. The molecule has 0 aliphatic carbocycles. The molecule has 0 saturated carbocycles. The van der Waals surface area contributed by atoms with Crippen LogP contribution in [-0.2, 0) is 4.79 Å². The zero-order chi connectivity index (χ0) is 17.8. The fraction of sp³-hybridized carbons (Fsp3) is 0.167. The molecule has 7 heteroatoms. The third-order valence-corrected chi connectivity index (χ3v) is 3.93. The van der Waals surface area contributed by atoms with Gasteiger partial charge in [-0.25, -0.2) is 4.98 Å². The summed E-state index contributed by atoms with van der Waals surface area (Å²) in [7, 11) is 1.55. The Kier molecular flexibility index (Phi) is 4.65. The third kappa shape index (κ3) is 3.45. The van der Waals surface area contributed by atoms with E-state index in [0.29, 0.717) is 11.3 Å². The summed E-state index contributed by atoms with van der Waals surface area (Å²) >= 11 is 0. The van der Waals surface area contributed by atoms with Gasteiger partial charge >= 0.3 is 0 Å². The molecule has 0 saturated heterocycles. The van der Waals surface area contributed by atoms with Crippen LogP contribution >= 0.6 is 0 Å². The van der Waals surface area contributed by atoms with Crippen molar-refractivity contribution in [1.82, 2.24) is 20.4 Å².